The molecule has 0 aliphatic carbocycles. The molecule has 1 aliphatic rings. The second-order valence-corrected chi connectivity index (χ2v) is 6.83. The molecule has 0 fully saturated rings. The van der Waals surface area contributed by atoms with E-state index in [1.165, 1.54) is 17.4 Å². The number of carbonyl (C=O) groups is 2. The zero-order chi connectivity index (χ0) is 20.2. The van der Waals surface area contributed by atoms with E-state index in [0.29, 0.717) is 18.0 Å². The van der Waals surface area contributed by atoms with Crippen LogP contribution in [-0.2, 0) is 17.9 Å². The number of furan rings is 2. The van der Waals surface area contributed by atoms with Crippen molar-refractivity contribution in [2.45, 2.75) is 19.0 Å². The van der Waals surface area contributed by atoms with Gasteiger partial charge in [-0.1, -0.05) is 6.07 Å². The number of aliphatic hydroxyl groups is 1. The van der Waals surface area contributed by atoms with Crippen LogP contribution in [0.4, 0.5) is 0 Å². The SMILES string of the molecule is O=C(c1ccco1)N1Cc2cccnc2C(C(=O)N(CCO)Cc2ccco2)C1. The molecule has 150 valence electrons. The van der Waals surface area contributed by atoms with Crippen molar-refractivity contribution in [3.8, 4) is 0 Å². The summed E-state index contributed by atoms with van der Waals surface area (Å²) in [6.07, 6.45) is 4.63. The Bertz CT molecular complexity index is 968. The highest BCUT2D eigenvalue weighted by Gasteiger charge is 2.37. The summed E-state index contributed by atoms with van der Waals surface area (Å²) >= 11 is 0. The van der Waals surface area contributed by atoms with Crippen molar-refractivity contribution >= 4 is 11.8 Å². The van der Waals surface area contributed by atoms with E-state index in [-0.39, 0.29) is 43.8 Å². The topological polar surface area (TPSA) is 100 Å². The highest BCUT2D eigenvalue weighted by molar-refractivity contribution is 5.93. The second kappa shape index (κ2) is 8.32. The van der Waals surface area contributed by atoms with Crippen molar-refractivity contribution in [1.29, 1.82) is 0 Å². The molecule has 0 spiro atoms. The fourth-order valence-corrected chi connectivity index (χ4v) is 3.58. The van der Waals surface area contributed by atoms with E-state index in [1.807, 2.05) is 6.07 Å². The molecule has 3 aromatic rings. The average Bonchev–Trinajstić information content (AvgIpc) is 3.46. The van der Waals surface area contributed by atoms with E-state index in [9.17, 15) is 14.7 Å². The molecule has 3 aromatic heterocycles. The van der Waals surface area contributed by atoms with Crippen LogP contribution in [0.2, 0.25) is 0 Å². The van der Waals surface area contributed by atoms with Gasteiger partial charge in [0.25, 0.3) is 5.91 Å². The first-order valence-corrected chi connectivity index (χ1v) is 9.36. The molecule has 2 amide bonds. The second-order valence-electron chi connectivity index (χ2n) is 6.83. The quantitative estimate of drug-likeness (QED) is 0.686. The fourth-order valence-electron chi connectivity index (χ4n) is 3.58. The summed E-state index contributed by atoms with van der Waals surface area (Å²) in [7, 11) is 0. The Hall–Kier alpha value is -3.39. The maximum Gasteiger partial charge on any atom is 0.289 e. The summed E-state index contributed by atoms with van der Waals surface area (Å²) in [5.41, 5.74) is 1.47. The number of rotatable bonds is 6. The number of pyridine rings is 1. The van der Waals surface area contributed by atoms with Crippen molar-refractivity contribution in [2.24, 2.45) is 0 Å². The van der Waals surface area contributed by atoms with Crippen molar-refractivity contribution in [2.75, 3.05) is 19.7 Å². The van der Waals surface area contributed by atoms with Crippen molar-refractivity contribution in [3.63, 3.8) is 0 Å². The van der Waals surface area contributed by atoms with Gasteiger partial charge in [0.1, 0.15) is 5.76 Å². The van der Waals surface area contributed by atoms with E-state index in [1.54, 1.807) is 41.4 Å². The number of hydrogen-bond donors (Lipinski definition) is 1. The summed E-state index contributed by atoms with van der Waals surface area (Å²) in [5.74, 6) is -0.284. The lowest BCUT2D eigenvalue weighted by molar-refractivity contribution is -0.135. The van der Waals surface area contributed by atoms with Gasteiger partial charge >= 0.3 is 0 Å². The molecule has 1 atom stereocenters. The third kappa shape index (κ3) is 3.93. The molecular formula is C21H21N3O5. The Morgan fingerprint density at radius 3 is 2.72 bits per heavy atom. The minimum absolute atomic E-state index is 0.157. The predicted octanol–water partition coefficient (Wildman–Crippen LogP) is 2.03. The molecule has 1 unspecified atom stereocenters. The normalized spacial score (nSPS) is 15.8. The molecule has 1 N–H and O–H groups in total. The minimum Gasteiger partial charge on any atom is -0.467 e. The first-order chi connectivity index (χ1) is 14.2. The molecule has 4 rings (SSSR count). The molecule has 4 heterocycles. The fraction of sp³-hybridized carbons (Fsp3) is 0.286. The smallest absolute Gasteiger partial charge is 0.289 e. The van der Waals surface area contributed by atoms with Crippen LogP contribution in [0.5, 0.6) is 0 Å². The van der Waals surface area contributed by atoms with Crippen LogP contribution in [0.3, 0.4) is 0 Å². The van der Waals surface area contributed by atoms with E-state index < -0.39 is 5.92 Å². The zero-order valence-electron chi connectivity index (χ0n) is 15.7. The van der Waals surface area contributed by atoms with Gasteiger partial charge < -0.3 is 23.7 Å². The Morgan fingerprint density at radius 1 is 1.17 bits per heavy atom. The summed E-state index contributed by atoms with van der Waals surface area (Å²) in [4.78, 5) is 33.8. The van der Waals surface area contributed by atoms with Gasteiger partial charge in [0.05, 0.1) is 37.3 Å². The van der Waals surface area contributed by atoms with E-state index >= 15 is 0 Å². The van der Waals surface area contributed by atoms with Gasteiger partial charge in [-0.3, -0.25) is 14.6 Å². The highest BCUT2D eigenvalue weighted by atomic mass is 16.3. The van der Waals surface area contributed by atoms with Gasteiger partial charge in [-0.15, -0.1) is 0 Å². The van der Waals surface area contributed by atoms with Crippen molar-refractivity contribution < 1.29 is 23.5 Å². The number of carbonyl (C=O) groups excluding carboxylic acids is 2. The molecule has 8 heteroatoms. The molecule has 1 aliphatic heterocycles. The van der Waals surface area contributed by atoms with Crippen LogP contribution in [0.15, 0.2) is 64.0 Å². The number of aliphatic hydroxyl groups excluding tert-OH is 1. The summed E-state index contributed by atoms with van der Waals surface area (Å²) in [6, 6.07) is 10.4. The van der Waals surface area contributed by atoms with Gasteiger partial charge in [0.15, 0.2) is 5.76 Å². The lowest BCUT2D eigenvalue weighted by Crippen LogP contribution is -2.46. The van der Waals surface area contributed by atoms with Gasteiger partial charge in [0.2, 0.25) is 5.91 Å². The van der Waals surface area contributed by atoms with E-state index in [0.717, 1.165) is 5.56 Å². The molecule has 8 nitrogen and oxygen atoms in total. The molecule has 0 radical (unpaired) electrons. The summed E-state index contributed by atoms with van der Waals surface area (Å²) in [5, 5.41) is 9.46. The van der Waals surface area contributed by atoms with Crippen LogP contribution >= 0.6 is 0 Å². The molecule has 29 heavy (non-hydrogen) atoms. The molecule has 0 aromatic carbocycles. The maximum atomic E-state index is 13.4. The lowest BCUT2D eigenvalue weighted by atomic mass is 9.93. The standard InChI is InChI=1S/C21H21N3O5/c25-9-8-23(13-16-5-2-10-28-16)20(26)17-14-24(21(27)18-6-3-11-29-18)12-15-4-1-7-22-19(15)17/h1-7,10-11,17,25H,8-9,12-14H2. The average molecular weight is 395 g/mol. The van der Waals surface area contributed by atoms with E-state index in [4.69, 9.17) is 8.83 Å². The number of hydrogen-bond acceptors (Lipinski definition) is 6. The van der Waals surface area contributed by atoms with Crippen LogP contribution in [0.1, 0.15) is 33.5 Å². The summed E-state index contributed by atoms with van der Waals surface area (Å²) in [6.45, 7) is 0.748. The molecule has 0 saturated carbocycles. The Balaban J connectivity index is 1.62. The largest absolute Gasteiger partial charge is 0.467 e. The van der Waals surface area contributed by atoms with Crippen LogP contribution < -0.4 is 0 Å². The molecule has 0 bridgehead atoms. The van der Waals surface area contributed by atoms with Crippen molar-refractivity contribution in [1.82, 2.24) is 14.8 Å². The first kappa shape index (κ1) is 18.9. The number of aromatic nitrogens is 1. The van der Waals surface area contributed by atoms with Gasteiger partial charge in [0, 0.05) is 25.8 Å². The monoisotopic (exact) mass is 395 g/mol. The molecular weight excluding hydrogens is 374 g/mol. The van der Waals surface area contributed by atoms with Gasteiger partial charge in [-0.25, -0.2) is 0 Å². The maximum absolute atomic E-state index is 13.4. The number of amides is 2. The number of nitrogens with zero attached hydrogens (tertiary/aromatic N) is 3. The van der Waals surface area contributed by atoms with Crippen LogP contribution in [0.25, 0.3) is 0 Å². The van der Waals surface area contributed by atoms with E-state index in [2.05, 4.69) is 4.98 Å². The highest BCUT2D eigenvalue weighted by Crippen LogP contribution is 2.29. The Kier molecular flexibility index (Phi) is 5.44. The third-order valence-corrected chi connectivity index (χ3v) is 4.95. The first-order valence-electron chi connectivity index (χ1n) is 9.36. The zero-order valence-corrected chi connectivity index (χ0v) is 15.7. The van der Waals surface area contributed by atoms with Crippen LogP contribution in [-0.4, -0.2) is 51.4 Å². The van der Waals surface area contributed by atoms with Gasteiger partial charge in [-0.05, 0) is 35.9 Å². The van der Waals surface area contributed by atoms with Crippen molar-refractivity contribution in [3.05, 3.63) is 77.9 Å². The van der Waals surface area contributed by atoms with Gasteiger partial charge in [-0.2, -0.15) is 0 Å². The van der Waals surface area contributed by atoms with Crippen LogP contribution in [0, 0.1) is 0 Å². The minimum atomic E-state index is -0.639. The Morgan fingerprint density at radius 2 is 2.00 bits per heavy atom. The summed E-state index contributed by atoms with van der Waals surface area (Å²) < 4.78 is 10.6. The third-order valence-electron chi connectivity index (χ3n) is 4.95. The predicted molar refractivity (Wildman–Crippen MR) is 102 cm³/mol. The molecule has 0 saturated heterocycles. The lowest BCUT2D eigenvalue weighted by Gasteiger charge is -2.35. The Labute approximate surface area is 167 Å². The number of fused-ring (bicyclic) bond motifs is 1.